The number of carbonyl (C=O) groups excluding carboxylic acids is 1. The Hall–Kier alpha value is -0.230. The second-order valence-corrected chi connectivity index (χ2v) is 11.7. The summed E-state index contributed by atoms with van der Waals surface area (Å²) in [6.45, 7) is 3.38. The molecule has 0 radical (unpaired) electrons. The van der Waals surface area contributed by atoms with E-state index < -0.39 is 12.4 Å². The van der Waals surface area contributed by atoms with Gasteiger partial charge in [-0.1, -0.05) is 44.9 Å². The highest BCUT2D eigenvalue weighted by molar-refractivity contribution is 8.55. The Labute approximate surface area is 163 Å². The SMILES string of the molecule is COP(=O)(OC)SCCCCCCCCCCCNC(=O)OC(C)(C)C. The van der Waals surface area contributed by atoms with E-state index in [2.05, 4.69) is 5.32 Å². The summed E-state index contributed by atoms with van der Waals surface area (Å²) in [5, 5.41) is 2.79. The number of unbranched alkanes of at least 4 members (excludes halogenated alkanes) is 8. The maximum Gasteiger partial charge on any atom is 0.407 e. The second-order valence-electron chi connectivity index (χ2n) is 7.26. The van der Waals surface area contributed by atoms with E-state index in [0.717, 1.165) is 31.4 Å². The number of ether oxygens (including phenoxy) is 1. The van der Waals surface area contributed by atoms with Crippen molar-refractivity contribution < 1.29 is 23.1 Å². The quantitative estimate of drug-likeness (QED) is 0.257. The van der Waals surface area contributed by atoms with Crippen molar-refractivity contribution in [1.29, 1.82) is 0 Å². The fourth-order valence-corrected chi connectivity index (χ4v) is 4.93. The summed E-state index contributed by atoms with van der Waals surface area (Å²) in [5.41, 5.74) is -0.435. The molecule has 0 bridgehead atoms. The van der Waals surface area contributed by atoms with Crippen LogP contribution >= 0.6 is 18.2 Å². The molecule has 6 nitrogen and oxygen atoms in total. The molecule has 26 heavy (non-hydrogen) atoms. The van der Waals surface area contributed by atoms with Gasteiger partial charge in [0.05, 0.1) is 0 Å². The second kappa shape index (κ2) is 14.8. The van der Waals surface area contributed by atoms with Gasteiger partial charge in [-0.3, -0.25) is 0 Å². The number of carbonyl (C=O) groups is 1. The van der Waals surface area contributed by atoms with Gasteiger partial charge in [-0.2, -0.15) is 0 Å². The van der Waals surface area contributed by atoms with Crippen LogP contribution in [0.3, 0.4) is 0 Å². The van der Waals surface area contributed by atoms with Crippen molar-refractivity contribution in [3.8, 4) is 0 Å². The summed E-state index contributed by atoms with van der Waals surface area (Å²) in [7, 11) is 2.84. The molecule has 0 saturated carbocycles. The fourth-order valence-electron chi connectivity index (χ4n) is 2.33. The predicted octanol–water partition coefficient (Wildman–Crippen LogP) is 6.16. The summed E-state index contributed by atoms with van der Waals surface area (Å²) >= 11 is 1.28. The molecule has 0 unspecified atom stereocenters. The van der Waals surface area contributed by atoms with E-state index in [-0.39, 0.29) is 6.09 Å². The molecule has 0 aromatic carbocycles. The molecule has 0 aliphatic rings. The van der Waals surface area contributed by atoms with Crippen molar-refractivity contribution >= 4 is 24.3 Å². The van der Waals surface area contributed by atoms with Crippen molar-refractivity contribution in [1.82, 2.24) is 5.32 Å². The van der Waals surface area contributed by atoms with Gasteiger partial charge in [0.1, 0.15) is 5.60 Å². The normalized spacial score (nSPS) is 12.2. The Morgan fingerprint density at radius 1 is 0.885 bits per heavy atom. The van der Waals surface area contributed by atoms with Crippen LogP contribution < -0.4 is 5.32 Å². The summed E-state index contributed by atoms with van der Waals surface area (Å²) in [6.07, 6.45) is 10.1. The standard InChI is InChI=1S/C18H38NO5PS/c1-18(2,3)24-17(20)19-15-13-11-9-7-6-8-10-12-14-16-26-25(21,22-4)23-5/h6-16H2,1-5H3,(H,19,20). The average Bonchev–Trinajstić information content (AvgIpc) is 2.57. The molecule has 0 aromatic heterocycles. The number of rotatable bonds is 15. The zero-order chi connectivity index (χ0) is 19.9. The third-order valence-electron chi connectivity index (χ3n) is 3.69. The first-order chi connectivity index (χ1) is 12.2. The first-order valence-electron chi connectivity index (χ1n) is 9.55. The van der Waals surface area contributed by atoms with Crippen molar-refractivity contribution in [3.63, 3.8) is 0 Å². The monoisotopic (exact) mass is 411 g/mol. The first kappa shape index (κ1) is 25.8. The van der Waals surface area contributed by atoms with E-state index >= 15 is 0 Å². The minimum atomic E-state index is -2.90. The molecule has 1 N–H and O–H groups in total. The van der Waals surface area contributed by atoms with Crippen molar-refractivity contribution in [2.24, 2.45) is 0 Å². The van der Waals surface area contributed by atoms with Crippen LogP contribution in [0.5, 0.6) is 0 Å². The lowest BCUT2D eigenvalue weighted by Crippen LogP contribution is -2.32. The van der Waals surface area contributed by atoms with Crippen LogP contribution in [0.2, 0.25) is 0 Å². The van der Waals surface area contributed by atoms with Crippen LogP contribution in [0.1, 0.15) is 78.6 Å². The molecule has 0 atom stereocenters. The lowest BCUT2D eigenvalue weighted by atomic mass is 10.1. The number of nitrogens with one attached hydrogen (secondary N) is 1. The van der Waals surface area contributed by atoms with Gasteiger partial charge in [0.2, 0.25) is 0 Å². The van der Waals surface area contributed by atoms with E-state index in [0.29, 0.717) is 6.54 Å². The van der Waals surface area contributed by atoms with Crippen LogP contribution in [0.25, 0.3) is 0 Å². The van der Waals surface area contributed by atoms with Gasteiger partial charge in [-0.25, -0.2) is 9.36 Å². The van der Waals surface area contributed by atoms with Crippen molar-refractivity contribution in [3.05, 3.63) is 0 Å². The minimum Gasteiger partial charge on any atom is -0.444 e. The van der Waals surface area contributed by atoms with Crippen LogP contribution in [0.4, 0.5) is 4.79 Å². The zero-order valence-corrected chi connectivity index (χ0v) is 18.9. The number of alkyl carbamates (subject to hydrolysis) is 1. The van der Waals surface area contributed by atoms with E-state index in [1.807, 2.05) is 20.8 Å². The summed E-state index contributed by atoms with van der Waals surface area (Å²) in [6, 6.07) is 0. The summed E-state index contributed by atoms with van der Waals surface area (Å²) in [4.78, 5) is 11.5. The Morgan fingerprint density at radius 2 is 1.35 bits per heavy atom. The molecule has 0 aromatic rings. The van der Waals surface area contributed by atoms with Gasteiger partial charge in [0.25, 0.3) is 0 Å². The molecule has 1 amide bonds. The van der Waals surface area contributed by atoms with Crippen LogP contribution in [-0.4, -0.2) is 38.2 Å². The maximum atomic E-state index is 11.8. The van der Waals surface area contributed by atoms with E-state index in [1.54, 1.807) is 0 Å². The van der Waals surface area contributed by atoms with E-state index in [4.69, 9.17) is 13.8 Å². The largest absolute Gasteiger partial charge is 0.444 e. The highest BCUT2D eigenvalue weighted by Gasteiger charge is 2.20. The Balaban J connectivity index is 3.32. The van der Waals surface area contributed by atoms with Gasteiger partial charge >= 0.3 is 12.9 Å². The lowest BCUT2D eigenvalue weighted by Gasteiger charge is -2.19. The average molecular weight is 412 g/mol. The summed E-state index contributed by atoms with van der Waals surface area (Å²) < 4.78 is 26.8. The van der Waals surface area contributed by atoms with Gasteiger partial charge in [-0.05, 0) is 45.0 Å². The summed E-state index contributed by atoms with van der Waals surface area (Å²) in [5.74, 6) is 0.809. The highest BCUT2D eigenvalue weighted by atomic mass is 32.7. The first-order valence-corrected chi connectivity index (χ1v) is 12.7. The molecule has 0 rings (SSSR count). The molecule has 0 heterocycles. The molecular formula is C18H38NO5PS. The van der Waals surface area contributed by atoms with Gasteiger partial charge < -0.3 is 19.1 Å². The predicted molar refractivity (Wildman–Crippen MR) is 110 cm³/mol. The van der Waals surface area contributed by atoms with Crippen LogP contribution in [0.15, 0.2) is 0 Å². The molecule has 0 aliphatic heterocycles. The third kappa shape index (κ3) is 16.0. The van der Waals surface area contributed by atoms with Crippen LogP contribution in [-0.2, 0) is 18.3 Å². The molecule has 8 heteroatoms. The lowest BCUT2D eigenvalue weighted by molar-refractivity contribution is 0.0527. The molecule has 0 saturated heterocycles. The van der Waals surface area contributed by atoms with E-state index in [9.17, 15) is 9.36 Å². The molecule has 0 aliphatic carbocycles. The number of hydrogen-bond acceptors (Lipinski definition) is 6. The molecule has 156 valence electrons. The fraction of sp³-hybridized carbons (Fsp3) is 0.944. The molecule has 0 spiro atoms. The molecular weight excluding hydrogens is 373 g/mol. The Bertz CT molecular complexity index is 407. The topological polar surface area (TPSA) is 73.9 Å². The highest BCUT2D eigenvalue weighted by Crippen LogP contribution is 2.59. The van der Waals surface area contributed by atoms with Crippen molar-refractivity contribution in [2.45, 2.75) is 84.2 Å². The third-order valence-corrected chi connectivity index (χ3v) is 7.76. The number of amides is 1. The smallest absolute Gasteiger partial charge is 0.407 e. The van der Waals surface area contributed by atoms with Gasteiger partial charge in [0.15, 0.2) is 0 Å². The van der Waals surface area contributed by atoms with Crippen molar-refractivity contribution in [2.75, 3.05) is 26.5 Å². The van der Waals surface area contributed by atoms with E-state index in [1.165, 1.54) is 57.7 Å². The van der Waals surface area contributed by atoms with Crippen LogP contribution in [0, 0.1) is 0 Å². The Morgan fingerprint density at radius 3 is 1.81 bits per heavy atom. The maximum absolute atomic E-state index is 11.8. The minimum absolute atomic E-state index is 0.331. The van der Waals surface area contributed by atoms with Gasteiger partial charge in [0, 0.05) is 26.5 Å². The number of hydrogen-bond donors (Lipinski definition) is 1. The van der Waals surface area contributed by atoms with Gasteiger partial charge in [-0.15, -0.1) is 0 Å². The Kier molecular flexibility index (Phi) is 14.7. The molecule has 0 fully saturated rings. The zero-order valence-electron chi connectivity index (χ0n) is 17.2.